The van der Waals surface area contributed by atoms with Gasteiger partial charge in [0.25, 0.3) is 0 Å². The van der Waals surface area contributed by atoms with E-state index in [0.717, 1.165) is 31.0 Å². The standard InChI is InChI=1S/C17H26N2O/c1-16(2)14(17(16,3)4)10-18-12-6-5-7-13-11(12)8-9-15(20)19-13/h8-9,12,14,18H,5-7,10H2,1-4H3,(H,19,20). The Morgan fingerprint density at radius 2 is 1.95 bits per heavy atom. The van der Waals surface area contributed by atoms with Crippen LogP contribution in [0.3, 0.4) is 0 Å². The molecule has 3 nitrogen and oxygen atoms in total. The summed E-state index contributed by atoms with van der Waals surface area (Å²) < 4.78 is 0. The number of nitrogens with one attached hydrogen (secondary N) is 2. The lowest BCUT2D eigenvalue weighted by atomic mass is 9.91. The van der Waals surface area contributed by atoms with E-state index in [1.807, 2.05) is 6.07 Å². The summed E-state index contributed by atoms with van der Waals surface area (Å²) in [4.78, 5) is 14.4. The Labute approximate surface area is 121 Å². The lowest BCUT2D eigenvalue weighted by molar-refractivity contribution is 0.421. The average molecular weight is 274 g/mol. The molecule has 1 unspecified atom stereocenters. The molecule has 0 aromatic carbocycles. The topological polar surface area (TPSA) is 44.9 Å². The largest absolute Gasteiger partial charge is 0.326 e. The van der Waals surface area contributed by atoms with Crippen molar-refractivity contribution in [3.63, 3.8) is 0 Å². The summed E-state index contributed by atoms with van der Waals surface area (Å²) in [5, 5.41) is 3.75. The second-order valence-corrected chi connectivity index (χ2v) is 7.61. The van der Waals surface area contributed by atoms with Gasteiger partial charge in [-0.25, -0.2) is 0 Å². The van der Waals surface area contributed by atoms with Gasteiger partial charge in [0.1, 0.15) is 0 Å². The maximum atomic E-state index is 11.4. The molecule has 20 heavy (non-hydrogen) atoms. The molecule has 2 aliphatic carbocycles. The highest BCUT2D eigenvalue weighted by molar-refractivity contribution is 5.26. The molecule has 3 rings (SSSR count). The van der Waals surface area contributed by atoms with Gasteiger partial charge in [0.05, 0.1) is 0 Å². The number of hydrogen-bond donors (Lipinski definition) is 2. The fourth-order valence-corrected chi connectivity index (χ4v) is 4.02. The zero-order valence-electron chi connectivity index (χ0n) is 13.0. The smallest absolute Gasteiger partial charge is 0.248 e. The molecule has 3 heteroatoms. The summed E-state index contributed by atoms with van der Waals surface area (Å²) in [6.45, 7) is 10.5. The highest BCUT2D eigenvalue weighted by atomic mass is 16.1. The number of aromatic nitrogens is 1. The Morgan fingerprint density at radius 1 is 1.25 bits per heavy atom. The van der Waals surface area contributed by atoms with Crippen LogP contribution in [0.5, 0.6) is 0 Å². The summed E-state index contributed by atoms with van der Waals surface area (Å²) in [6, 6.07) is 4.07. The normalized spacial score (nSPS) is 27.1. The third kappa shape index (κ3) is 2.03. The zero-order valence-corrected chi connectivity index (χ0v) is 13.0. The van der Waals surface area contributed by atoms with Crippen LogP contribution in [-0.4, -0.2) is 11.5 Å². The minimum atomic E-state index is 0.0221. The molecule has 0 saturated heterocycles. The number of rotatable bonds is 3. The molecule has 2 N–H and O–H groups in total. The molecule has 1 heterocycles. The Bertz CT molecular complexity index is 557. The Morgan fingerprint density at radius 3 is 2.60 bits per heavy atom. The van der Waals surface area contributed by atoms with Crippen molar-refractivity contribution in [2.24, 2.45) is 16.7 Å². The van der Waals surface area contributed by atoms with Gasteiger partial charge in [0.2, 0.25) is 5.56 Å². The van der Waals surface area contributed by atoms with Crippen LogP contribution < -0.4 is 10.9 Å². The highest BCUT2D eigenvalue weighted by Gasteiger charge is 2.63. The second-order valence-electron chi connectivity index (χ2n) is 7.61. The van der Waals surface area contributed by atoms with Crippen LogP contribution in [0.4, 0.5) is 0 Å². The van der Waals surface area contributed by atoms with Crippen molar-refractivity contribution >= 4 is 0 Å². The number of pyridine rings is 1. The van der Waals surface area contributed by atoms with E-state index in [-0.39, 0.29) is 5.56 Å². The molecule has 1 atom stereocenters. The lowest BCUT2D eigenvalue weighted by Crippen LogP contribution is -2.29. The summed E-state index contributed by atoms with van der Waals surface area (Å²) in [5.74, 6) is 0.739. The first-order valence-electron chi connectivity index (χ1n) is 7.79. The maximum Gasteiger partial charge on any atom is 0.248 e. The van der Waals surface area contributed by atoms with Crippen LogP contribution in [-0.2, 0) is 6.42 Å². The molecule has 0 radical (unpaired) electrons. The summed E-state index contributed by atoms with van der Waals surface area (Å²) in [7, 11) is 0. The molecule has 0 aliphatic heterocycles. The van der Waals surface area contributed by atoms with Gasteiger partial charge < -0.3 is 10.3 Å². The van der Waals surface area contributed by atoms with Crippen LogP contribution >= 0.6 is 0 Å². The number of H-pyrrole nitrogens is 1. The lowest BCUT2D eigenvalue weighted by Gasteiger charge is -2.26. The van der Waals surface area contributed by atoms with Crippen LogP contribution in [0, 0.1) is 16.7 Å². The van der Waals surface area contributed by atoms with Gasteiger partial charge in [-0.2, -0.15) is 0 Å². The van der Waals surface area contributed by atoms with Gasteiger partial charge >= 0.3 is 0 Å². The second kappa shape index (κ2) is 4.45. The van der Waals surface area contributed by atoms with E-state index in [2.05, 4.69) is 38.0 Å². The van der Waals surface area contributed by atoms with Crippen LogP contribution in [0.1, 0.15) is 57.8 Å². The third-order valence-electron chi connectivity index (χ3n) is 6.22. The quantitative estimate of drug-likeness (QED) is 0.890. The molecular weight excluding hydrogens is 248 g/mol. The number of aryl methyl sites for hydroxylation is 1. The van der Waals surface area contributed by atoms with Gasteiger partial charge in [-0.3, -0.25) is 4.79 Å². The van der Waals surface area contributed by atoms with Crippen molar-refractivity contribution in [3.05, 3.63) is 33.7 Å². The predicted octanol–water partition coefficient (Wildman–Crippen LogP) is 3.02. The van der Waals surface area contributed by atoms with Crippen molar-refractivity contribution in [3.8, 4) is 0 Å². The SMILES string of the molecule is CC1(C)C(CNC2CCCc3[nH]c(=O)ccc32)C1(C)C. The average Bonchev–Trinajstić information content (AvgIpc) is 2.76. The van der Waals surface area contributed by atoms with E-state index in [1.54, 1.807) is 6.07 Å². The molecule has 0 spiro atoms. The van der Waals surface area contributed by atoms with E-state index in [4.69, 9.17) is 0 Å². The minimum absolute atomic E-state index is 0.0221. The van der Waals surface area contributed by atoms with Gasteiger partial charge in [0, 0.05) is 17.8 Å². The Balaban J connectivity index is 1.70. The molecule has 1 fully saturated rings. The molecule has 2 aliphatic rings. The van der Waals surface area contributed by atoms with Gasteiger partial charge in [-0.1, -0.05) is 33.8 Å². The van der Waals surface area contributed by atoms with E-state index in [0.29, 0.717) is 16.9 Å². The number of aromatic amines is 1. The summed E-state index contributed by atoms with van der Waals surface area (Å²) in [5.41, 5.74) is 3.32. The summed E-state index contributed by atoms with van der Waals surface area (Å²) in [6.07, 6.45) is 3.33. The molecule has 1 saturated carbocycles. The van der Waals surface area contributed by atoms with Crippen molar-refractivity contribution in [1.29, 1.82) is 0 Å². The first kappa shape index (κ1) is 13.9. The predicted molar refractivity (Wildman–Crippen MR) is 81.8 cm³/mol. The van der Waals surface area contributed by atoms with Gasteiger partial charge in [0.15, 0.2) is 0 Å². The van der Waals surface area contributed by atoms with Crippen molar-refractivity contribution in [2.75, 3.05) is 6.54 Å². The Hall–Kier alpha value is -1.09. The molecule has 1 aromatic heterocycles. The molecular formula is C17H26N2O. The Kier molecular flexibility index (Phi) is 3.09. The number of hydrogen-bond acceptors (Lipinski definition) is 2. The van der Waals surface area contributed by atoms with Crippen LogP contribution in [0.2, 0.25) is 0 Å². The van der Waals surface area contributed by atoms with Gasteiger partial charge in [-0.15, -0.1) is 0 Å². The first-order valence-corrected chi connectivity index (χ1v) is 7.79. The zero-order chi connectivity index (χ0) is 14.5. The minimum Gasteiger partial charge on any atom is -0.326 e. The molecule has 0 bridgehead atoms. The highest BCUT2D eigenvalue weighted by Crippen LogP contribution is 2.68. The van der Waals surface area contributed by atoms with Gasteiger partial charge in [-0.05, 0) is 48.1 Å². The van der Waals surface area contributed by atoms with E-state index in [9.17, 15) is 4.79 Å². The van der Waals surface area contributed by atoms with Crippen molar-refractivity contribution < 1.29 is 0 Å². The molecule has 1 aromatic rings. The molecule has 0 amide bonds. The van der Waals surface area contributed by atoms with Crippen molar-refractivity contribution in [2.45, 2.75) is 53.0 Å². The summed E-state index contributed by atoms with van der Waals surface area (Å²) >= 11 is 0. The fourth-order valence-electron chi connectivity index (χ4n) is 4.02. The van der Waals surface area contributed by atoms with E-state index >= 15 is 0 Å². The van der Waals surface area contributed by atoms with Crippen LogP contribution in [0.25, 0.3) is 0 Å². The first-order chi connectivity index (χ1) is 9.34. The molecule has 110 valence electrons. The maximum absolute atomic E-state index is 11.4. The van der Waals surface area contributed by atoms with Crippen LogP contribution in [0.15, 0.2) is 16.9 Å². The fraction of sp³-hybridized carbons (Fsp3) is 0.706. The van der Waals surface area contributed by atoms with Crippen molar-refractivity contribution in [1.82, 2.24) is 10.3 Å². The third-order valence-corrected chi connectivity index (χ3v) is 6.22. The van der Waals surface area contributed by atoms with E-state index in [1.165, 1.54) is 12.0 Å². The number of fused-ring (bicyclic) bond motifs is 1. The monoisotopic (exact) mass is 274 g/mol. The van der Waals surface area contributed by atoms with E-state index < -0.39 is 0 Å².